The van der Waals surface area contributed by atoms with E-state index >= 15 is 0 Å². The fourth-order valence-electron chi connectivity index (χ4n) is 2.71. The van der Waals surface area contributed by atoms with Crippen LogP contribution >= 0.6 is 0 Å². The Labute approximate surface area is 123 Å². The average molecular weight is 311 g/mol. The molecule has 1 aromatic rings. The minimum absolute atomic E-state index is 0.0304. The molecular weight excluding hydrogens is 294 g/mol. The molecule has 0 aliphatic carbocycles. The van der Waals surface area contributed by atoms with Gasteiger partial charge in [0.2, 0.25) is 0 Å². The van der Waals surface area contributed by atoms with E-state index in [-0.39, 0.29) is 17.4 Å². The van der Waals surface area contributed by atoms with Gasteiger partial charge in [-0.15, -0.1) is 0 Å². The average Bonchev–Trinajstić information content (AvgIpc) is 2.72. The van der Waals surface area contributed by atoms with Crippen LogP contribution in [0.1, 0.15) is 26.1 Å². The van der Waals surface area contributed by atoms with E-state index in [9.17, 15) is 13.2 Å². The molecule has 2 aliphatic rings. The van der Waals surface area contributed by atoms with E-state index in [2.05, 4.69) is 9.97 Å². The van der Waals surface area contributed by atoms with Crippen molar-refractivity contribution in [1.82, 2.24) is 9.97 Å². The summed E-state index contributed by atoms with van der Waals surface area (Å²) < 4.78 is 29.1. The number of ether oxygens (including phenoxy) is 1. The van der Waals surface area contributed by atoms with Crippen LogP contribution in [0.3, 0.4) is 0 Å². The molecule has 3 rings (SSSR count). The Morgan fingerprint density at radius 1 is 1.43 bits per heavy atom. The number of aromatic nitrogens is 2. The molecular formula is C13H17N3O4S. The summed E-state index contributed by atoms with van der Waals surface area (Å²) in [7, 11) is -3.10. The summed E-state index contributed by atoms with van der Waals surface area (Å²) >= 11 is 0. The summed E-state index contributed by atoms with van der Waals surface area (Å²) in [4.78, 5) is 22.5. The normalized spacial score (nSPS) is 26.3. The van der Waals surface area contributed by atoms with E-state index in [1.807, 2.05) is 0 Å². The van der Waals surface area contributed by atoms with Gasteiger partial charge in [-0.25, -0.2) is 18.4 Å². The van der Waals surface area contributed by atoms with Gasteiger partial charge in [-0.1, -0.05) is 0 Å². The zero-order valence-corrected chi connectivity index (χ0v) is 13.0. The minimum atomic E-state index is -3.10. The van der Waals surface area contributed by atoms with Crippen LogP contribution in [0, 0.1) is 6.92 Å². The van der Waals surface area contributed by atoms with E-state index in [4.69, 9.17) is 4.74 Å². The molecule has 1 saturated heterocycles. The molecule has 0 spiro atoms. The molecule has 0 bridgehead atoms. The van der Waals surface area contributed by atoms with Crippen LogP contribution in [0.2, 0.25) is 0 Å². The molecule has 0 saturated carbocycles. The van der Waals surface area contributed by atoms with Crippen molar-refractivity contribution in [3.05, 3.63) is 12.0 Å². The number of nitrogens with zero attached hydrogens (tertiary/aromatic N) is 3. The molecule has 1 fully saturated rings. The van der Waals surface area contributed by atoms with Crippen LogP contribution < -0.4 is 9.64 Å². The fraction of sp³-hybridized carbons (Fsp3) is 0.615. The lowest BCUT2D eigenvalue weighted by Crippen LogP contribution is -2.56. The van der Waals surface area contributed by atoms with Gasteiger partial charge in [0.05, 0.1) is 23.7 Å². The summed E-state index contributed by atoms with van der Waals surface area (Å²) in [6, 6.07) is -0.390. The van der Waals surface area contributed by atoms with Crippen LogP contribution in [0.4, 0.5) is 5.82 Å². The number of anilines is 1. The maximum absolute atomic E-state index is 12.7. The van der Waals surface area contributed by atoms with E-state index < -0.39 is 21.5 Å². The predicted molar refractivity (Wildman–Crippen MR) is 76.0 cm³/mol. The van der Waals surface area contributed by atoms with Crippen LogP contribution in [0.5, 0.6) is 5.75 Å². The molecule has 21 heavy (non-hydrogen) atoms. The van der Waals surface area contributed by atoms with Crippen LogP contribution in [-0.4, -0.2) is 47.4 Å². The number of carbonyl (C=O) groups excluding carboxylic acids is 1. The van der Waals surface area contributed by atoms with Gasteiger partial charge >= 0.3 is 0 Å². The Kier molecular flexibility index (Phi) is 2.98. The monoisotopic (exact) mass is 311 g/mol. The molecule has 7 nitrogen and oxygen atoms in total. The lowest BCUT2D eigenvalue weighted by Gasteiger charge is -2.40. The van der Waals surface area contributed by atoms with Crippen molar-refractivity contribution in [2.45, 2.75) is 38.8 Å². The van der Waals surface area contributed by atoms with Gasteiger partial charge in [0.15, 0.2) is 27.0 Å². The van der Waals surface area contributed by atoms with Crippen molar-refractivity contribution in [2.75, 3.05) is 16.4 Å². The third-order valence-electron chi connectivity index (χ3n) is 3.76. The predicted octanol–water partition coefficient (Wildman–Crippen LogP) is 0.476. The molecule has 1 atom stereocenters. The number of aryl methyl sites for hydroxylation is 1. The number of fused-ring (bicyclic) bond motifs is 1. The first-order valence-corrected chi connectivity index (χ1v) is 8.58. The number of amides is 1. The highest BCUT2D eigenvalue weighted by atomic mass is 32.2. The van der Waals surface area contributed by atoms with Crippen LogP contribution in [0.25, 0.3) is 0 Å². The van der Waals surface area contributed by atoms with Gasteiger partial charge in [0.1, 0.15) is 5.82 Å². The number of hydrogen-bond acceptors (Lipinski definition) is 6. The van der Waals surface area contributed by atoms with Crippen molar-refractivity contribution in [3.63, 3.8) is 0 Å². The highest BCUT2D eigenvalue weighted by Crippen LogP contribution is 2.38. The second-order valence-electron chi connectivity index (χ2n) is 5.95. The molecule has 3 heterocycles. The molecule has 0 aromatic carbocycles. The highest BCUT2D eigenvalue weighted by molar-refractivity contribution is 7.91. The zero-order valence-electron chi connectivity index (χ0n) is 12.2. The van der Waals surface area contributed by atoms with Gasteiger partial charge in [-0.3, -0.25) is 9.69 Å². The van der Waals surface area contributed by atoms with Gasteiger partial charge in [0.25, 0.3) is 5.91 Å². The Morgan fingerprint density at radius 3 is 2.76 bits per heavy atom. The first-order valence-electron chi connectivity index (χ1n) is 6.76. The standard InChI is InChI=1S/C13H17N3O4S/c1-8-14-6-10-11(15-8)16(12(17)13(2,3)20-10)9-4-5-21(18,19)7-9/h6,9H,4-5,7H2,1-3H3/t9-/m0/s1. The second kappa shape index (κ2) is 4.40. The number of hydrogen-bond donors (Lipinski definition) is 0. The molecule has 0 N–H and O–H groups in total. The first kappa shape index (κ1) is 14.2. The van der Waals surface area contributed by atoms with E-state index in [1.165, 1.54) is 11.1 Å². The summed E-state index contributed by atoms with van der Waals surface area (Å²) in [6.45, 7) is 5.04. The van der Waals surface area contributed by atoms with Gasteiger partial charge in [-0.05, 0) is 27.2 Å². The second-order valence-corrected chi connectivity index (χ2v) is 8.18. The molecule has 1 amide bonds. The Balaban J connectivity index is 2.10. The molecule has 2 aliphatic heterocycles. The Bertz CT molecular complexity index is 714. The Morgan fingerprint density at radius 2 is 2.14 bits per heavy atom. The lowest BCUT2D eigenvalue weighted by molar-refractivity contribution is -0.133. The van der Waals surface area contributed by atoms with Gasteiger partial charge < -0.3 is 4.74 Å². The third-order valence-corrected chi connectivity index (χ3v) is 5.51. The first-order chi connectivity index (χ1) is 9.70. The fourth-order valence-corrected chi connectivity index (χ4v) is 4.41. The molecule has 8 heteroatoms. The molecule has 0 radical (unpaired) electrons. The van der Waals surface area contributed by atoms with Crippen molar-refractivity contribution in [2.24, 2.45) is 0 Å². The molecule has 114 valence electrons. The van der Waals surface area contributed by atoms with Crippen LogP contribution in [-0.2, 0) is 14.6 Å². The number of rotatable bonds is 1. The molecule has 1 aromatic heterocycles. The molecule has 0 unspecified atom stereocenters. The summed E-state index contributed by atoms with van der Waals surface area (Å²) in [6.07, 6.45) is 1.95. The zero-order chi connectivity index (χ0) is 15.4. The lowest BCUT2D eigenvalue weighted by atomic mass is 10.0. The number of carbonyl (C=O) groups is 1. The van der Waals surface area contributed by atoms with Crippen molar-refractivity contribution in [3.8, 4) is 5.75 Å². The largest absolute Gasteiger partial charge is 0.472 e. The van der Waals surface area contributed by atoms with Crippen molar-refractivity contribution >= 4 is 21.6 Å². The Hall–Kier alpha value is -1.70. The van der Waals surface area contributed by atoms with Crippen LogP contribution in [0.15, 0.2) is 6.20 Å². The van der Waals surface area contributed by atoms with Gasteiger partial charge in [-0.2, -0.15) is 0 Å². The highest BCUT2D eigenvalue weighted by Gasteiger charge is 2.47. The van der Waals surface area contributed by atoms with E-state index in [0.29, 0.717) is 23.8 Å². The maximum atomic E-state index is 12.7. The topological polar surface area (TPSA) is 89.5 Å². The van der Waals surface area contributed by atoms with Gasteiger partial charge in [0, 0.05) is 0 Å². The SMILES string of the molecule is Cc1ncc2c(n1)N([C@H]1CCS(=O)(=O)C1)C(=O)C(C)(C)O2. The third kappa shape index (κ3) is 2.37. The van der Waals surface area contributed by atoms with Crippen molar-refractivity contribution < 1.29 is 17.9 Å². The summed E-state index contributed by atoms with van der Waals surface area (Å²) in [5, 5.41) is 0. The quantitative estimate of drug-likeness (QED) is 0.749. The van der Waals surface area contributed by atoms with E-state index in [0.717, 1.165) is 0 Å². The summed E-state index contributed by atoms with van der Waals surface area (Å²) in [5.74, 6) is 1.09. The number of sulfone groups is 1. The maximum Gasteiger partial charge on any atom is 0.272 e. The van der Waals surface area contributed by atoms with E-state index in [1.54, 1.807) is 20.8 Å². The smallest absolute Gasteiger partial charge is 0.272 e. The minimum Gasteiger partial charge on any atom is -0.472 e. The summed E-state index contributed by atoms with van der Waals surface area (Å²) in [5.41, 5.74) is -1.06. The van der Waals surface area contributed by atoms with Crippen molar-refractivity contribution in [1.29, 1.82) is 0 Å².